The Kier molecular flexibility index (Phi) is 4.61. The third kappa shape index (κ3) is 3.03. The first-order valence-corrected chi connectivity index (χ1v) is 10.4. The molecule has 1 fully saturated rings. The Labute approximate surface area is 181 Å². The van der Waals surface area contributed by atoms with Crippen molar-refractivity contribution in [2.45, 2.75) is 18.4 Å². The molecule has 31 heavy (non-hydrogen) atoms. The monoisotopic (exact) mass is 419 g/mol. The standard InChI is InChI=1S/C24H25N3O4/c1-26-22-17-6-4-5-7-20(17)31-24(19(22)15-25-26)10-12-27(13-11-24)23(28)18-9-8-16(29-2)14-21(18)30-3/h4-9,14-15H,10-13H2,1-3H3. The van der Waals surface area contributed by atoms with Gasteiger partial charge in [-0.3, -0.25) is 9.48 Å². The summed E-state index contributed by atoms with van der Waals surface area (Å²) in [6.07, 6.45) is 3.31. The number of benzene rings is 2. The molecule has 160 valence electrons. The molecule has 2 aliphatic rings. The number of methoxy groups -OCH3 is 2. The zero-order valence-corrected chi connectivity index (χ0v) is 17.9. The van der Waals surface area contributed by atoms with E-state index in [4.69, 9.17) is 14.2 Å². The number of aryl methyl sites for hydroxylation is 1. The summed E-state index contributed by atoms with van der Waals surface area (Å²) in [4.78, 5) is 15.1. The molecule has 0 N–H and O–H groups in total. The molecule has 1 amide bonds. The quantitative estimate of drug-likeness (QED) is 0.649. The summed E-state index contributed by atoms with van der Waals surface area (Å²) in [5, 5.41) is 4.52. The van der Waals surface area contributed by atoms with E-state index in [1.54, 1.807) is 32.4 Å². The van der Waals surface area contributed by atoms with Gasteiger partial charge in [0.2, 0.25) is 0 Å². The van der Waals surface area contributed by atoms with Gasteiger partial charge in [0.1, 0.15) is 22.8 Å². The number of ether oxygens (including phenoxy) is 3. The van der Waals surface area contributed by atoms with Gasteiger partial charge in [-0.15, -0.1) is 0 Å². The van der Waals surface area contributed by atoms with Gasteiger partial charge >= 0.3 is 0 Å². The van der Waals surface area contributed by atoms with Crippen molar-refractivity contribution in [1.29, 1.82) is 0 Å². The number of amides is 1. The number of hydrogen-bond donors (Lipinski definition) is 0. The number of nitrogens with zero attached hydrogens (tertiary/aromatic N) is 3. The third-order valence-corrected chi connectivity index (χ3v) is 6.37. The Morgan fingerprint density at radius 1 is 1.10 bits per heavy atom. The van der Waals surface area contributed by atoms with E-state index in [9.17, 15) is 4.79 Å². The van der Waals surface area contributed by atoms with Crippen molar-refractivity contribution in [3.05, 3.63) is 59.8 Å². The summed E-state index contributed by atoms with van der Waals surface area (Å²) in [6.45, 7) is 1.18. The van der Waals surface area contributed by atoms with Crippen LogP contribution in [0.3, 0.4) is 0 Å². The van der Waals surface area contributed by atoms with Crippen molar-refractivity contribution in [2.75, 3.05) is 27.3 Å². The van der Waals surface area contributed by atoms with Crippen molar-refractivity contribution >= 4 is 5.91 Å². The lowest BCUT2D eigenvalue weighted by molar-refractivity contribution is -0.00179. The molecule has 0 atom stereocenters. The second-order valence-corrected chi connectivity index (χ2v) is 7.98. The van der Waals surface area contributed by atoms with E-state index in [0.717, 1.165) is 22.6 Å². The average Bonchev–Trinajstić information content (AvgIpc) is 3.21. The van der Waals surface area contributed by atoms with Crippen molar-refractivity contribution in [3.8, 4) is 28.5 Å². The van der Waals surface area contributed by atoms with Crippen molar-refractivity contribution in [3.63, 3.8) is 0 Å². The van der Waals surface area contributed by atoms with Crippen LogP contribution in [0.2, 0.25) is 0 Å². The van der Waals surface area contributed by atoms with Crippen LogP contribution in [-0.4, -0.2) is 47.9 Å². The molecular weight excluding hydrogens is 394 g/mol. The van der Waals surface area contributed by atoms with Crippen LogP contribution in [-0.2, 0) is 12.6 Å². The SMILES string of the molecule is COc1ccc(C(=O)N2CCC3(CC2)Oc2ccccc2-c2c3cnn2C)c(OC)c1. The van der Waals surface area contributed by atoms with Gasteiger partial charge in [-0.1, -0.05) is 12.1 Å². The molecule has 5 rings (SSSR count). The molecule has 2 aromatic carbocycles. The number of aromatic nitrogens is 2. The first-order valence-electron chi connectivity index (χ1n) is 10.4. The molecule has 2 aliphatic heterocycles. The predicted octanol–water partition coefficient (Wildman–Crippen LogP) is 3.63. The molecule has 0 saturated carbocycles. The topological polar surface area (TPSA) is 65.8 Å². The van der Waals surface area contributed by atoms with E-state index >= 15 is 0 Å². The van der Waals surface area contributed by atoms with Crippen LogP contribution in [0.15, 0.2) is 48.7 Å². The van der Waals surface area contributed by atoms with Crippen LogP contribution in [0.25, 0.3) is 11.3 Å². The largest absolute Gasteiger partial charge is 0.497 e. The smallest absolute Gasteiger partial charge is 0.257 e. The number of para-hydroxylation sites is 1. The fraction of sp³-hybridized carbons (Fsp3) is 0.333. The van der Waals surface area contributed by atoms with E-state index in [2.05, 4.69) is 11.2 Å². The van der Waals surface area contributed by atoms with Crippen LogP contribution in [0.1, 0.15) is 28.8 Å². The molecule has 0 unspecified atom stereocenters. The first-order chi connectivity index (χ1) is 15.1. The normalized spacial score (nSPS) is 16.3. The molecule has 1 spiro atoms. The van der Waals surface area contributed by atoms with Crippen molar-refractivity contribution in [2.24, 2.45) is 7.05 Å². The summed E-state index contributed by atoms with van der Waals surface area (Å²) in [6, 6.07) is 13.4. The van der Waals surface area contributed by atoms with Gasteiger partial charge in [-0.25, -0.2) is 0 Å². The van der Waals surface area contributed by atoms with Crippen LogP contribution in [0.4, 0.5) is 0 Å². The number of carbonyl (C=O) groups is 1. The maximum atomic E-state index is 13.2. The first kappa shape index (κ1) is 19.5. The molecule has 7 nitrogen and oxygen atoms in total. The minimum atomic E-state index is -0.473. The zero-order chi connectivity index (χ0) is 21.6. The number of fused-ring (bicyclic) bond motifs is 4. The second-order valence-electron chi connectivity index (χ2n) is 7.98. The van der Waals surface area contributed by atoms with E-state index in [-0.39, 0.29) is 5.91 Å². The van der Waals surface area contributed by atoms with E-state index in [1.807, 2.05) is 41.0 Å². The van der Waals surface area contributed by atoms with Crippen molar-refractivity contribution < 1.29 is 19.0 Å². The number of rotatable bonds is 3. The highest BCUT2D eigenvalue weighted by molar-refractivity contribution is 5.97. The molecule has 0 bridgehead atoms. The highest BCUT2D eigenvalue weighted by atomic mass is 16.5. The Morgan fingerprint density at radius 3 is 2.61 bits per heavy atom. The summed E-state index contributed by atoms with van der Waals surface area (Å²) in [5.74, 6) is 2.00. The van der Waals surface area contributed by atoms with Crippen LogP contribution < -0.4 is 14.2 Å². The minimum absolute atomic E-state index is 0.0445. The van der Waals surface area contributed by atoms with Gasteiger partial charge < -0.3 is 19.1 Å². The molecule has 3 aromatic rings. The van der Waals surface area contributed by atoms with Crippen LogP contribution >= 0.6 is 0 Å². The maximum Gasteiger partial charge on any atom is 0.257 e. The predicted molar refractivity (Wildman–Crippen MR) is 116 cm³/mol. The Balaban J connectivity index is 1.41. The zero-order valence-electron chi connectivity index (χ0n) is 17.9. The lowest BCUT2D eigenvalue weighted by atomic mass is 9.81. The Hall–Kier alpha value is -3.48. The molecule has 3 heterocycles. The fourth-order valence-corrected chi connectivity index (χ4v) is 4.70. The van der Waals surface area contributed by atoms with Gasteiger partial charge in [-0.2, -0.15) is 5.10 Å². The second kappa shape index (κ2) is 7.34. The number of likely N-dealkylation sites (tertiary alicyclic amines) is 1. The average molecular weight is 419 g/mol. The summed E-state index contributed by atoms with van der Waals surface area (Å²) in [5.41, 5.74) is 3.32. The molecule has 7 heteroatoms. The fourth-order valence-electron chi connectivity index (χ4n) is 4.70. The Morgan fingerprint density at radius 2 is 1.87 bits per heavy atom. The van der Waals surface area contributed by atoms with Gasteiger partial charge in [-0.05, 0) is 24.3 Å². The minimum Gasteiger partial charge on any atom is -0.497 e. The molecular formula is C24H25N3O4. The summed E-state index contributed by atoms with van der Waals surface area (Å²) in [7, 11) is 5.12. The highest BCUT2D eigenvalue weighted by Crippen LogP contribution is 2.49. The van der Waals surface area contributed by atoms with E-state index in [0.29, 0.717) is 43.0 Å². The summed E-state index contributed by atoms with van der Waals surface area (Å²) < 4.78 is 19.2. The number of piperidine rings is 1. The van der Waals surface area contributed by atoms with Crippen LogP contribution in [0.5, 0.6) is 17.2 Å². The molecule has 1 aromatic heterocycles. The molecule has 0 radical (unpaired) electrons. The van der Waals surface area contributed by atoms with Gasteiger partial charge in [0.15, 0.2) is 0 Å². The summed E-state index contributed by atoms with van der Waals surface area (Å²) >= 11 is 0. The number of carbonyl (C=O) groups excluding carboxylic acids is 1. The number of hydrogen-bond acceptors (Lipinski definition) is 5. The van der Waals surface area contributed by atoms with Gasteiger partial charge in [0.25, 0.3) is 5.91 Å². The van der Waals surface area contributed by atoms with E-state index < -0.39 is 5.60 Å². The van der Waals surface area contributed by atoms with Gasteiger partial charge in [0.05, 0.1) is 31.7 Å². The lowest BCUT2D eigenvalue weighted by Gasteiger charge is -2.44. The lowest BCUT2D eigenvalue weighted by Crippen LogP contribution is -2.49. The third-order valence-electron chi connectivity index (χ3n) is 6.37. The van der Waals surface area contributed by atoms with Crippen molar-refractivity contribution in [1.82, 2.24) is 14.7 Å². The molecule has 0 aliphatic carbocycles. The van der Waals surface area contributed by atoms with E-state index in [1.165, 1.54) is 0 Å². The maximum absolute atomic E-state index is 13.2. The molecule has 1 saturated heterocycles. The Bertz CT molecular complexity index is 1150. The van der Waals surface area contributed by atoms with Gasteiger partial charge in [0, 0.05) is 50.2 Å². The van der Waals surface area contributed by atoms with Crippen LogP contribution in [0, 0.1) is 0 Å². The highest BCUT2D eigenvalue weighted by Gasteiger charge is 2.46.